The Morgan fingerprint density at radius 2 is 1.83 bits per heavy atom. The van der Waals surface area contributed by atoms with E-state index in [1.54, 1.807) is 48.5 Å². The first-order valence-electron chi connectivity index (χ1n) is 7.11. The summed E-state index contributed by atoms with van der Waals surface area (Å²) in [6.45, 7) is 6.25. The molecule has 0 fully saturated rings. The van der Waals surface area contributed by atoms with Gasteiger partial charge in [0.05, 0.1) is 23.7 Å². The first kappa shape index (κ1) is 17.6. The maximum Gasteiger partial charge on any atom is 0.264 e. The van der Waals surface area contributed by atoms with Crippen molar-refractivity contribution >= 4 is 31.6 Å². The summed E-state index contributed by atoms with van der Waals surface area (Å²) in [5.41, 5.74) is 0.571. The Hall–Kier alpha value is -1.79. The standard InChI is InChI=1S/C17H18BrNO3S/c1-3-13-19(17-8-6-5-7-16(17)18)23(20,21)15-11-9-14(10-12-15)22-4-2/h3,5-12H,1,4,13H2,2H3. The number of hydrogen-bond donors (Lipinski definition) is 0. The summed E-state index contributed by atoms with van der Waals surface area (Å²) in [6.07, 6.45) is 1.56. The highest BCUT2D eigenvalue weighted by Gasteiger charge is 2.25. The number of nitrogens with zero attached hydrogens (tertiary/aromatic N) is 1. The van der Waals surface area contributed by atoms with Crippen LogP contribution in [0.2, 0.25) is 0 Å². The SMILES string of the molecule is C=CCN(c1ccccc1Br)S(=O)(=O)c1ccc(OCC)cc1. The molecule has 4 nitrogen and oxygen atoms in total. The molecule has 6 heteroatoms. The van der Waals surface area contributed by atoms with Crippen LogP contribution in [0.4, 0.5) is 5.69 Å². The minimum absolute atomic E-state index is 0.179. The molecule has 0 aliphatic carbocycles. The van der Waals surface area contributed by atoms with E-state index >= 15 is 0 Å². The minimum Gasteiger partial charge on any atom is -0.494 e. The molecule has 0 atom stereocenters. The fourth-order valence-corrected chi connectivity index (χ4v) is 4.17. The average Bonchev–Trinajstić information content (AvgIpc) is 2.54. The van der Waals surface area contributed by atoms with Crippen molar-refractivity contribution in [1.82, 2.24) is 0 Å². The van der Waals surface area contributed by atoms with Crippen molar-refractivity contribution in [2.45, 2.75) is 11.8 Å². The van der Waals surface area contributed by atoms with Crippen LogP contribution in [-0.4, -0.2) is 21.6 Å². The Labute approximate surface area is 145 Å². The molecule has 0 bridgehead atoms. The molecule has 0 N–H and O–H groups in total. The summed E-state index contributed by atoms with van der Waals surface area (Å²) < 4.78 is 33.3. The molecule has 0 saturated heterocycles. The van der Waals surface area contributed by atoms with Gasteiger partial charge < -0.3 is 4.74 Å². The van der Waals surface area contributed by atoms with Crippen molar-refractivity contribution in [3.63, 3.8) is 0 Å². The van der Waals surface area contributed by atoms with E-state index in [4.69, 9.17) is 4.74 Å². The number of hydrogen-bond acceptors (Lipinski definition) is 3. The third kappa shape index (κ3) is 3.95. The molecule has 2 aromatic rings. The van der Waals surface area contributed by atoms with Crippen LogP contribution >= 0.6 is 15.9 Å². The Bertz CT molecular complexity index is 773. The lowest BCUT2D eigenvalue weighted by atomic mass is 10.3. The fraction of sp³-hybridized carbons (Fsp3) is 0.176. The lowest BCUT2D eigenvalue weighted by molar-refractivity contribution is 0.340. The van der Waals surface area contributed by atoms with Gasteiger partial charge in [-0.25, -0.2) is 8.42 Å². The van der Waals surface area contributed by atoms with Crippen molar-refractivity contribution in [2.24, 2.45) is 0 Å². The van der Waals surface area contributed by atoms with Gasteiger partial charge in [0.25, 0.3) is 10.0 Å². The number of sulfonamides is 1. The predicted octanol–water partition coefficient (Wildman–Crippen LogP) is 4.23. The highest BCUT2D eigenvalue weighted by atomic mass is 79.9. The molecule has 0 aliphatic rings. The van der Waals surface area contributed by atoms with E-state index in [1.807, 2.05) is 13.0 Å². The molecular weight excluding hydrogens is 378 g/mol. The van der Waals surface area contributed by atoms with Crippen LogP contribution in [0.3, 0.4) is 0 Å². The number of anilines is 1. The van der Waals surface area contributed by atoms with Gasteiger partial charge in [-0.1, -0.05) is 18.2 Å². The van der Waals surface area contributed by atoms with Gasteiger partial charge in [0.2, 0.25) is 0 Å². The lowest BCUT2D eigenvalue weighted by Crippen LogP contribution is -2.31. The summed E-state index contributed by atoms with van der Waals surface area (Å²) in [5.74, 6) is 0.641. The molecule has 0 spiro atoms. The predicted molar refractivity (Wildman–Crippen MR) is 96.5 cm³/mol. The molecular formula is C17H18BrNO3S. The highest BCUT2D eigenvalue weighted by Crippen LogP contribution is 2.31. The lowest BCUT2D eigenvalue weighted by Gasteiger charge is -2.24. The van der Waals surface area contributed by atoms with Crippen molar-refractivity contribution in [3.8, 4) is 5.75 Å². The van der Waals surface area contributed by atoms with Gasteiger partial charge in [0.15, 0.2) is 0 Å². The molecule has 2 aromatic carbocycles. The molecule has 0 aliphatic heterocycles. The molecule has 0 amide bonds. The minimum atomic E-state index is -3.69. The molecule has 0 heterocycles. The molecule has 0 radical (unpaired) electrons. The van der Waals surface area contributed by atoms with E-state index in [-0.39, 0.29) is 11.4 Å². The van der Waals surface area contributed by atoms with Crippen LogP contribution in [0.5, 0.6) is 5.75 Å². The molecule has 0 saturated carbocycles. The number of halogens is 1. The van der Waals surface area contributed by atoms with E-state index in [0.29, 0.717) is 22.5 Å². The highest BCUT2D eigenvalue weighted by molar-refractivity contribution is 9.10. The second-order valence-electron chi connectivity index (χ2n) is 4.68. The molecule has 0 unspecified atom stereocenters. The molecule has 0 aromatic heterocycles. The van der Waals surface area contributed by atoms with Crippen LogP contribution < -0.4 is 9.04 Å². The van der Waals surface area contributed by atoms with Gasteiger partial charge in [-0.3, -0.25) is 4.31 Å². The Kier molecular flexibility index (Phi) is 5.85. The van der Waals surface area contributed by atoms with Crippen molar-refractivity contribution < 1.29 is 13.2 Å². The number of para-hydroxylation sites is 1. The second kappa shape index (κ2) is 7.66. The summed E-state index contributed by atoms with van der Waals surface area (Å²) >= 11 is 3.40. The van der Waals surface area contributed by atoms with Crippen molar-refractivity contribution in [1.29, 1.82) is 0 Å². The average molecular weight is 396 g/mol. The molecule has 2 rings (SSSR count). The van der Waals surface area contributed by atoms with Crippen LogP contribution in [0.25, 0.3) is 0 Å². The third-order valence-corrected chi connectivity index (χ3v) is 5.60. The number of benzene rings is 2. The summed E-state index contributed by atoms with van der Waals surface area (Å²) in [7, 11) is -3.69. The maximum atomic E-state index is 13.0. The van der Waals surface area contributed by atoms with Gasteiger partial charge in [-0.15, -0.1) is 6.58 Å². The van der Waals surface area contributed by atoms with Gasteiger partial charge >= 0.3 is 0 Å². The third-order valence-electron chi connectivity index (χ3n) is 3.14. The normalized spacial score (nSPS) is 11.0. The van der Waals surface area contributed by atoms with Crippen LogP contribution in [0, 0.1) is 0 Å². The van der Waals surface area contributed by atoms with E-state index in [0.717, 1.165) is 0 Å². The molecule has 23 heavy (non-hydrogen) atoms. The monoisotopic (exact) mass is 395 g/mol. The van der Waals surface area contributed by atoms with Crippen LogP contribution in [0.15, 0.2) is 70.6 Å². The first-order valence-corrected chi connectivity index (χ1v) is 9.35. The van der Waals surface area contributed by atoms with E-state index in [2.05, 4.69) is 22.5 Å². The zero-order valence-corrected chi connectivity index (χ0v) is 15.2. The van der Waals surface area contributed by atoms with E-state index in [9.17, 15) is 8.42 Å². The number of ether oxygens (including phenoxy) is 1. The van der Waals surface area contributed by atoms with Gasteiger partial charge in [-0.05, 0) is 59.3 Å². The topological polar surface area (TPSA) is 46.6 Å². The van der Waals surface area contributed by atoms with Gasteiger partial charge in [0.1, 0.15) is 5.75 Å². The summed E-state index contributed by atoms with van der Waals surface area (Å²) in [6, 6.07) is 13.6. The van der Waals surface area contributed by atoms with Crippen molar-refractivity contribution in [2.75, 3.05) is 17.5 Å². The largest absolute Gasteiger partial charge is 0.494 e. The Morgan fingerprint density at radius 1 is 1.17 bits per heavy atom. The first-order chi connectivity index (χ1) is 11.0. The van der Waals surface area contributed by atoms with E-state index in [1.165, 1.54) is 4.31 Å². The van der Waals surface area contributed by atoms with Crippen molar-refractivity contribution in [3.05, 3.63) is 65.7 Å². The molecule has 122 valence electrons. The zero-order valence-electron chi connectivity index (χ0n) is 12.8. The zero-order chi connectivity index (χ0) is 16.9. The van der Waals surface area contributed by atoms with Crippen LogP contribution in [0.1, 0.15) is 6.92 Å². The van der Waals surface area contributed by atoms with Gasteiger partial charge in [-0.2, -0.15) is 0 Å². The fourth-order valence-electron chi connectivity index (χ4n) is 2.10. The van der Waals surface area contributed by atoms with E-state index < -0.39 is 10.0 Å². The number of rotatable bonds is 7. The second-order valence-corrected chi connectivity index (χ2v) is 7.40. The van der Waals surface area contributed by atoms with Gasteiger partial charge in [0, 0.05) is 4.47 Å². The quantitative estimate of drug-likeness (QED) is 0.658. The summed E-state index contributed by atoms with van der Waals surface area (Å²) in [5, 5.41) is 0. The van der Waals surface area contributed by atoms with Crippen LogP contribution in [-0.2, 0) is 10.0 Å². The smallest absolute Gasteiger partial charge is 0.264 e. The summed E-state index contributed by atoms with van der Waals surface area (Å²) in [4.78, 5) is 0.207. The Balaban J connectivity index is 2.45. The Morgan fingerprint density at radius 3 is 2.39 bits per heavy atom. The maximum absolute atomic E-state index is 13.0.